The van der Waals surface area contributed by atoms with Crippen LogP contribution < -0.4 is 9.62 Å². The largest absolute Gasteiger partial charge is 0.321 e. The second kappa shape index (κ2) is 6.61. The number of carbonyl (C=O) groups is 1. The Balaban J connectivity index is 2.11. The Morgan fingerprint density at radius 3 is 2.46 bits per heavy atom. The maximum atomic E-state index is 13.2. The van der Waals surface area contributed by atoms with Crippen molar-refractivity contribution in [2.45, 2.75) is 32.6 Å². The summed E-state index contributed by atoms with van der Waals surface area (Å²) < 4.78 is 27.9. The van der Waals surface area contributed by atoms with E-state index in [9.17, 15) is 13.2 Å². The van der Waals surface area contributed by atoms with Crippen molar-refractivity contribution in [1.82, 2.24) is 0 Å². The minimum Gasteiger partial charge on any atom is -0.321 e. The molecular formula is C20H22N2O3S. The van der Waals surface area contributed by atoms with Gasteiger partial charge in [0.05, 0.1) is 10.6 Å². The molecule has 1 aliphatic heterocycles. The fourth-order valence-corrected chi connectivity index (χ4v) is 4.70. The molecule has 1 amide bonds. The molecule has 26 heavy (non-hydrogen) atoms. The number of nitrogens with zero attached hydrogens (tertiary/aromatic N) is 1. The molecule has 1 aliphatic rings. The minimum atomic E-state index is -3.74. The number of hydrogen-bond acceptors (Lipinski definition) is 3. The van der Waals surface area contributed by atoms with Gasteiger partial charge in [-0.15, -0.1) is 0 Å². The second-order valence-electron chi connectivity index (χ2n) is 6.55. The molecule has 136 valence electrons. The van der Waals surface area contributed by atoms with Crippen molar-refractivity contribution in [3.8, 4) is 0 Å². The molecule has 0 radical (unpaired) electrons. The van der Waals surface area contributed by atoms with Gasteiger partial charge in [-0.05, 0) is 63.6 Å². The van der Waals surface area contributed by atoms with E-state index >= 15 is 0 Å². The molecule has 0 unspecified atom stereocenters. The van der Waals surface area contributed by atoms with E-state index in [0.29, 0.717) is 29.1 Å². The van der Waals surface area contributed by atoms with Gasteiger partial charge in [0, 0.05) is 23.4 Å². The fourth-order valence-electron chi connectivity index (χ4n) is 3.20. The second-order valence-corrected chi connectivity index (χ2v) is 8.41. The number of fused-ring (bicyclic) bond motifs is 1. The maximum absolute atomic E-state index is 13.2. The lowest BCUT2D eigenvalue weighted by atomic mass is 10.0. The number of benzene rings is 2. The van der Waals surface area contributed by atoms with Gasteiger partial charge in [0.1, 0.15) is 0 Å². The van der Waals surface area contributed by atoms with Crippen LogP contribution in [-0.4, -0.2) is 20.9 Å². The summed E-state index contributed by atoms with van der Waals surface area (Å²) in [5.41, 5.74) is 4.29. The first kappa shape index (κ1) is 18.2. The molecule has 3 rings (SSSR count). The Labute approximate surface area is 154 Å². The summed E-state index contributed by atoms with van der Waals surface area (Å²) in [6.45, 7) is 7.74. The van der Waals surface area contributed by atoms with Gasteiger partial charge in [0.15, 0.2) is 0 Å². The van der Waals surface area contributed by atoms with Crippen molar-refractivity contribution in [3.63, 3.8) is 0 Å². The van der Waals surface area contributed by atoms with E-state index in [4.69, 9.17) is 0 Å². The summed E-state index contributed by atoms with van der Waals surface area (Å²) >= 11 is 0. The Morgan fingerprint density at radius 1 is 1.12 bits per heavy atom. The number of sulfonamides is 1. The maximum Gasteiger partial charge on any atom is 0.264 e. The van der Waals surface area contributed by atoms with E-state index in [1.54, 1.807) is 31.2 Å². The molecule has 5 nitrogen and oxygen atoms in total. The summed E-state index contributed by atoms with van der Waals surface area (Å²) in [5.74, 6) is -0.194. The molecule has 6 heteroatoms. The van der Waals surface area contributed by atoms with Gasteiger partial charge in [0.25, 0.3) is 15.9 Å². The Kier molecular flexibility index (Phi) is 4.63. The SMILES string of the molecule is CCN(c1cccc(C)c1)S(=O)(=O)c1ccc2c(c1)C(=C(C)C)C(=O)N2. The Morgan fingerprint density at radius 2 is 1.85 bits per heavy atom. The molecule has 2 aromatic carbocycles. The van der Waals surface area contributed by atoms with Gasteiger partial charge < -0.3 is 5.32 Å². The van der Waals surface area contributed by atoms with Crippen molar-refractivity contribution >= 4 is 32.9 Å². The molecule has 0 bridgehead atoms. The summed E-state index contributed by atoms with van der Waals surface area (Å²) in [6, 6.07) is 12.2. The molecule has 0 saturated carbocycles. The standard InChI is InChI=1S/C20H22N2O3S/c1-5-22(15-8-6-7-14(4)11-15)26(24,25)16-9-10-18-17(12-16)19(13(2)3)20(23)21-18/h6-12H,5H2,1-4H3,(H,21,23). The number of nitrogens with one attached hydrogen (secondary N) is 1. The lowest BCUT2D eigenvalue weighted by Gasteiger charge is -2.23. The predicted octanol–water partition coefficient (Wildman–Crippen LogP) is 3.96. The third kappa shape index (κ3) is 3.01. The van der Waals surface area contributed by atoms with E-state index in [1.807, 2.05) is 39.0 Å². The number of carbonyl (C=O) groups excluding carboxylic acids is 1. The van der Waals surface area contributed by atoms with Gasteiger partial charge in [-0.3, -0.25) is 9.10 Å². The number of allylic oxidation sites excluding steroid dienone is 1. The summed E-state index contributed by atoms with van der Waals surface area (Å²) in [7, 11) is -3.74. The average Bonchev–Trinajstić information content (AvgIpc) is 2.90. The molecule has 0 fully saturated rings. The van der Waals surface area contributed by atoms with Crippen LogP contribution in [0.1, 0.15) is 31.9 Å². The molecule has 0 atom stereocenters. The van der Waals surface area contributed by atoms with Crippen LogP contribution in [0.15, 0.2) is 52.9 Å². The normalized spacial score (nSPS) is 13.4. The topological polar surface area (TPSA) is 66.5 Å². The van der Waals surface area contributed by atoms with Crippen LogP contribution >= 0.6 is 0 Å². The Bertz CT molecular complexity index is 1020. The zero-order chi connectivity index (χ0) is 19.1. The lowest BCUT2D eigenvalue weighted by molar-refractivity contribution is -0.110. The highest BCUT2D eigenvalue weighted by Gasteiger charge is 2.29. The number of hydrogen-bond donors (Lipinski definition) is 1. The van der Waals surface area contributed by atoms with Crippen LogP contribution in [0.5, 0.6) is 0 Å². The first-order valence-electron chi connectivity index (χ1n) is 8.48. The summed E-state index contributed by atoms with van der Waals surface area (Å²) in [6.07, 6.45) is 0. The van der Waals surface area contributed by atoms with Gasteiger partial charge in [0.2, 0.25) is 0 Å². The van der Waals surface area contributed by atoms with Crippen molar-refractivity contribution in [2.24, 2.45) is 0 Å². The average molecular weight is 370 g/mol. The molecule has 0 aromatic heterocycles. The molecule has 1 heterocycles. The first-order valence-corrected chi connectivity index (χ1v) is 9.92. The number of rotatable bonds is 4. The van der Waals surface area contributed by atoms with Crippen molar-refractivity contribution in [2.75, 3.05) is 16.2 Å². The van der Waals surface area contributed by atoms with Gasteiger partial charge in [-0.2, -0.15) is 0 Å². The molecule has 0 spiro atoms. The van der Waals surface area contributed by atoms with Gasteiger partial charge >= 0.3 is 0 Å². The molecule has 0 aliphatic carbocycles. The third-order valence-corrected chi connectivity index (χ3v) is 6.30. The van der Waals surface area contributed by atoms with Gasteiger partial charge in [-0.25, -0.2) is 8.42 Å². The van der Waals surface area contributed by atoms with Crippen LogP contribution in [0.2, 0.25) is 0 Å². The van der Waals surface area contributed by atoms with E-state index in [1.165, 1.54) is 4.31 Å². The van der Waals surface area contributed by atoms with Gasteiger partial charge in [-0.1, -0.05) is 17.7 Å². The number of amides is 1. The number of anilines is 2. The molecule has 1 N–H and O–H groups in total. The van der Waals surface area contributed by atoms with Crippen LogP contribution in [0.3, 0.4) is 0 Å². The van der Waals surface area contributed by atoms with E-state index in [2.05, 4.69) is 5.32 Å². The van der Waals surface area contributed by atoms with E-state index < -0.39 is 10.0 Å². The number of aryl methyl sites for hydroxylation is 1. The van der Waals surface area contributed by atoms with E-state index in [0.717, 1.165) is 11.1 Å². The Hall–Kier alpha value is -2.60. The fraction of sp³-hybridized carbons (Fsp3) is 0.250. The van der Waals surface area contributed by atoms with E-state index in [-0.39, 0.29) is 10.8 Å². The third-order valence-electron chi connectivity index (χ3n) is 4.40. The highest BCUT2D eigenvalue weighted by atomic mass is 32.2. The highest BCUT2D eigenvalue weighted by Crippen LogP contribution is 2.36. The molecular weight excluding hydrogens is 348 g/mol. The summed E-state index contributed by atoms with van der Waals surface area (Å²) in [5, 5.41) is 2.78. The summed E-state index contributed by atoms with van der Waals surface area (Å²) in [4.78, 5) is 12.3. The first-order chi connectivity index (χ1) is 12.3. The monoisotopic (exact) mass is 370 g/mol. The zero-order valence-electron chi connectivity index (χ0n) is 15.3. The predicted molar refractivity (Wildman–Crippen MR) is 105 cm³/mol. The van der Waals surface area contributed by atoms with Crippen LogP contribution in [0.4, 0.5) is 11.4 Å². The van der Waals surface area contributed by atoms with Crippen molar-refractivity contribution in [3.05, 3.63) is 59.2 Å². The van der Waals surface area contributed by atoms with Crippen molar-refractivity contribution < 1.29 is 13.2 Å². The minimum absolute atomic E-state index is 0.176. The smallest absolute Gasteiger partial charge is 0.264 e. The van der Waals surface area contributed by atoms with Crippen LogP contribution in [0.25, 0.3) is 5.57 Å². The van der Waals surface area contributed by atoms with Crippen LogP contribution in [0, 0.1) is 6.92 Å². The zero-order valence-corrected chi connectivity index (χ0v) is 16.1. The highest BCUT2D eigenvalue weighted by molar-refractivity contribution is 7.92. The van der Waals surface area contributed by atoms with Crippen molar-refractivity contribution in [1.29, 1.82) is 0 Å². The molecule has 0 saturated heterocycles. The quantitative estimate of drug-likeness (QED) is 0.829. The molecule has 2 aromatic rings. The lowest BCUT2D eigenvalue weighted by Crippen LogP contribution is -2.30. The van der Waals surface area contributed by atoms with Crippen LogP contribution in [-0.2, 0) is 14.8 Å².